The molecule has 0 aromatic heterocycles. The topological polar surface area (TPSA) is 46.5 Å². The van der Waals surface area contributed by atoms with Gasteiger partial charge in [0.25, 0.3) is 0 Å². The number of aromatic hydroxyl groups is 1. The number of carbonyl (C=O) groups excluding carboxylic acids is 1. The summed E-state index contributed by atoms with van der Waals surface area (Å²) in [5.74, 6) is 0.613. The molecular formula is C24H24O3. The van der Waals surface area contributed by atoms with E-state index in [0.717, 1.165) is 28.3 Å². The van der Waals surface area contributed by atoms with Gasteiger partial charge in [0.05, 0.1) is 5.41 Å². The molecule has 1 N–H and O–H groups in total. The van der Waals surface area contributed by atoms with Gasteiger partial charge in [-0.05, 0) is 61.0 Å². The standard InChI is InChI=1S/C24H24O3/c1-4-24(2,3)23(26)27-20-14-11-17(12-15-20)8-9-18-10-13-19-6-5-7-22(25)21(19)16-18/h5-16,25H,4H2,1-3H3. The lowest BCUT2D eigenvalue weighted by Crippen LogP contribution is -2.28. The monoisotopic (exact) mass is 360 g/mol. The second-order valence-corrected chi connectivity index (χ2v) is 7.29. The van der Waals surface area contributed by atoms with E-state index >= 15 is 0 Å². The SMILES string of the molecule is CCC(C)(C)C(=O)Oc1ccc(C=Cc2ccc3cccc(O)c3c2)cc1. The number of carbonyl (C=O) groups is 1. The van der Waals surface area contributed by atoms with Crippen molar-refractivity contribution in [3.05, 3.63) is 71.8 Å². The fourth-order valence-corrected chi connectivity index (χ4v) is 2.61. The second-order valence-electron chi connectivity index (χ2n) is 7.29. The van der Waals surface area contributed by atoms with Crippen LogP contribution in [0.15, 0.2) is 60.7 Å². The van der Waals surface area contributed by atoms with Crippen LogP contribution in [-0.4, -0.2) is 11.1 Å². The maximum absolute atomic E-state index is 12.1. The largest absolute Gasteiger partial charge is 0.507 e. The first-order valence-corrected chi connectivity index (χ1v) is 9.11. The maximum atomic E-state index is 12.1. The minimum atomic E-state index is -0.486. The predicted octanol–water partition coefficient (Wildman–Crippen LogP) is 6.06. The van der Waals surface area contributed by atoms with Crippen molar-refractivity contribution in [1.29, 1.82) is 0 Å². The quantitative estimate of drug-likeness (QED) is 0.342. The van der Waals surface area contributed by atoms with Crippen LogP contribution >= 0.6 is 0 Å². The number of benzene rings is 3. The average molecular weight is 360 g/mol. The predicted molar refractivity (Wildman–Crippen MR) is 111 cm³/mol. The van der Waals surface area contributed by atoms with E-state index < -0.39 is 5.41 Å². The summed E-state index contributed by atoms with van der Waals surface area (Å²) in [5, 5.41) is 11.8. The first-order chi connectivity index (χ1) is 12.9. The van der Waals surface area contributed by atoms with Crippen LogP contribution in [0.1, 0.15) is 38.3 Å². The van der Waals surface area contributed by atoms with Crippen molar-refractivity contribution in [3.63, 3.8) is 0 Å². The Morgan fingerprint density at radius 1 is 1.00 bits per heavy atom. The Kier molecular flexibility index (Phi) is 5.31. The summed E-state index contributed by atoms with van der Waals surface area (Å²) < 4.78 is 5.46. The van der Waals surface area contributed by atoms with E-state index in [1.807, 2.05) is 75.4 Å². The van der Waals surface area contributed by atoms with Crippen molar-refractivity contribution in [2.45, 2.75) is 27.2 Å². The highest BCUT2D eigenvalue weighted by atomic mass is 16.5. The Labute approximate surface area is 159 Å². The molecule has 0 saturated heterocycles. The molecule has 0 radical (unpaired) electrons. The van der Waals surface area contributed by atoms with Crippen LogP contribution in [0.4, 0.5) is 0 Å². The molecular weight excluding hydrogens is 336 g/mol. The third kappa shape index (κ3) is 4.37. The highest BCUT2D eigenvalue weighted by Crippen LogP contribution is 2.26. The van der Waals surface area contributed by atoms with Crippen LogP contribution in [0.3, 0.4) is 0 Å². The van der Waals surface area contributed by atoms with Crippen molar-refractivity contribution in [2.24, 2.45) is 5.41 Å². The summed E-state index contributed by atoms with van der Waals surface area (Å²) in [6.45, 7) is 5.74. The molecule has 3 nitrogen and oxygen atoms in total. The molecule has 0 spiro atoms. The molecule has 0 bridgehead atoms. The number of phenolic OH excluding ortho intramolecular Hbond substituents is 1. The summed E-state index contributed by atoms with van der Waals surface area (Å²) in [6, 6.07) is 18.9. The van der Waals surface area contributed by atoms with Gasteiger partial charge in [-0.15, -0.1) is 0 Å². The minimum absolute atomic E-state index is 0.218. The highest BCUT2D eigenvalue weighted by Gasteiger charge is 2.27. The third-order valence-electron chi connectivity index (χ3n) is 4.88. The van der Waals surface area contributed by atoms with Gasteiger partial charge in [0.1, 0.15) is 11.5 Å². The van der Waals surface area contributed by atoms with Gasteiger partial charge in [0.15, 0.2) is 0 Å². The van der Waals surface area contributed by atoms with Crippen molar-refractivity contribution in [2.75, 3.05) is 0 Å². The van der Waals surface area contributed by atoms with Crippen LogP contribution in [0, 0.1) is 5.41 Å². The van der Waals surface area contributed by atoms with Crippen LogP contribution in [0.25, 0.3) is 22.9 Å². The number of ether oxygens (including phenoxy) is 1. The first-order valence-electron chi connectivity index (χ1n) is 9.11. The lowest BCUT2D eigenvalue weighted by Gasteiger charge is -2.20. The van der Waals surface area contributed by atoms with Gasteiger partial charge in [-0.1, -0.05) is 55.5 Å². The first kappa shape index (κ1) is 18.7. The van der Waals surface area contributed by atoms with Crippen LogP contribution in [-0.2, 0) is 4.79 Å². The van der Waals surface area contributed by atoms with Gasteiger partial charge in [-0.3, -0.25) is 4.79 Å². The van der Waals surface area contributed by atoms with Crippen molar-refractivity contribution in [3.8, 4) is 11.5 Å². The molecule has 0 aliphatic rings. The molecule has 3 heteroatoms. The molecule has 3 aromatic rings. The van der Waals surface area contributed by atoms with E-state index in [4.69, 9.17) is 4.74 Å². The Morgan fingerprint density at radius 2 is 1.67 bits per heavy atom. The van der Waals surface area contributed by atoms with Gasteiger partial charge in [0.2, 0.25) is 0 Å². The van der Waals surface area contributed by atoms with Crippen molar-refractivity contribution >= 4 is 28.9 Å². The number of esters is 1. The second kappa shape index (κ2) is 7.67. The van der Waals surface area contributed by atoms with Gasteiger partial charge in [0, 0.05) is 5.39 Å². The zero-order chi connectivity index (χ0) is 19.4. The van der Waals surface area contributed by atoms with Gasteiger partial charge < -0.3 is 9.84 Å². The summed E-state index contributed by atoms with van der Waals surface area (Å²) >= 11 is 0. The Bertz CT molecular complexity index is 982. The Morgan fingerprint density at radius 3 is 2.37 bits per heavy atom. The normalized spacial score (nSPS) is 11.8. The molecule has 0 amide bonds. The Balaban J connectivity index is 1.73. The van der Waals surface area contributed by atoms with Crippen LogP contribution < -0.4 is 4.74 Å². The molecule has 27 heavy (non-hydrogen) atoms. The number of hydrogen-bond donors (Lipinski definition) is 1. The summed E-state index contributed by atoms with van der Waals surface area (Å²) in [6.07, 6.45) is 4.71. The fraction of sp³-hybridized carbons (Fsp3) is 0.208. The van der Waals surface area contributed by atoms with E-state index in [0.29, 0.717) is 5.75 Å². The van der Waals surface area contributed by atoms with E-state index in [2.05, 4.69) is 0 Å². The summed E-state index contributed by atoms with van der Waals surface area (Å²) in [5.41, 5.74) is 1.52. The maximum Gasteiger partial charge on any atom is 0.316 e. The number of fused-ring (bicyclic) bond motifs is 1. The van der Waals surface area contributed by atoms with E-state index in [9.17, 15) is 9.90 Å². The van der Waals surface area contributed by atoms with Crippen LogP contribution in [0.5, 0.6) is 11.5 Å². The number of rotatable bonds is 5. The zero-order valence-corrected chi connectivity index (χ0v) is 15.9. The van der Waals surface area contributed by atoms with Gasteiger partial charge in [-0.25, -0.2) is 0 Å². The van der Waals surface area contributed by atoms with E-state index in [1.54, 1.807) is 18.2 Å². The molecule has 3 rings (SSSR count). The lowest BCUT2D eigenvalue weighted by molar-refractivity contribution is -0.144. The van der Waals surface area contributed by atoms with Crippen LogP contribution in [0.2, 0.25) is 0 Å². The highest BCUT2D eigenvalue weighted by molar-refractivity contribution is 5.90. The van der Waals surface area contributed by atoms with E-state index in [-0.39, 0.29) is 11.7 Å². The number of hydrogen-bond acceptors (Lipinski definition) is 3. The van der Waals surface area contributed by atoms with Gasteiger partial charge >= 0.3 is 5.97 Å². The molecule has 0 fully saturated rings. The van der Waals surface area contributed by atoms with E-state index in [1.165, 1.54) is 0 Å². The average Bonchev–Trinajstić information content (AvgIpc) is 2.68. The molecule has 0 aliphatic heterocycles. The minimum Gasteiger partial charge on any atom is -0.507 e. The van der Waals surface area contributed by atoms with Gasteiger partial charge in [-0.2, -0.15) is 0 Å². The number of phenols is 1. The summed E-state index contributed by atoms with van der Waals surface area (Å²) in [4.78, 5) is 12.1. The summed E-state index contributed by atoms with van der Waals surface area (Å²) in [7, 11) is 0. The van der Waals surface area contributed by atoms with Crippen molar-refractivity contribution < 1.29 is 14.6 Å². The molecule has 0 unspecified atom stereocenters. The fourth-order valence-electron chi connectivity index (χ4n) is 2.61. The molecule has 0 heterocycles. The zero-order valence-electron chi connectivity index (χ0n) is 15.9. The third-order valence-corrected chi connectivity index (χ3v) is 4.88. The molecule has 0 atom stereocenters. The smallest absolute Gasteiger partial charge is 0.316 e. The molecule has 3 aromatic carbocycles. The molecule has 0 aliphatic carbocycles. The lowest BCUT2D eigenvalue weighted by atomic mass is 9.91. The van der Waals surface area contributed by atoms with Crippen molar-refractivity contribution in [1.82, 2.24) is 0 Å². The Hall–Kier alpha value is -3.07. The molecule has 0 saturated carbocycles. The molecule has 138 valence electrons.